The van der Waals surface area contributed by atoms with E-state index in [4.69, 9.17) is 20.8 Å². The highest BCUT2D eigenvalue weighted by Gasteiger charge is 2.36. The Kier molecular flexibility index (Phi) is 6.04. The number of ether oxygens (including phenoxy) is 1. The van der Waals surface area contributed by atoms with Crippen LogP contribution < -0.4 is 5.32 Å². The third-order valence-corrected chi connectivity index (χ3v) is 4.83. The second kappa shape index (κ2) is 8.48. The van der Waals surface area contributed by atoms with Crippen LogP contribution in [0.25, 0.3) is 0 Å². The van der Waals surface area contributed by atoms with Gasteiger partial charge >= 0.3 is 5.97 Å². The van der Waals surface area contributed by atoms with Gasteiger partial charge in [0, 0.05) is 23.7 Å². The number of rotatable bonds is 6. The molecule has 0 radical (unpaired) electrons. The zero-order valence-electron chi connectivity index (χ0n) is 15.6. The van der Waals surface area contributed by atoms with Gasteiger partial charge in [-0.25, -0.2) is 0 Å². The van der Waals surface area contributed by atoms with Crippen LogP contribution in [0.15, 0.2) is 41.0 Å². The molecule has 1 fully saturated rings. The molecule has 1 saturated heterocycles. The molecule has 8 heteroatoms. The molecule has 0 bridgehead atoms. The average molecular weight is 405 g/mol. The summed E-state index contributed by atoms with van der Waals surface area (Å²) in [7, 11) is 0. The van der Waals surface area contributed by atoms with Crippen molar-refractivity contribution in [2.24, 2.45) is 5.92 Å². The van der Waals surface area contributed by atoms with E-state index in [1.54, 1.807) is 35.2 Å². The SMILES string of the molecule is Cc1ccc(Cl)cc1NC(=O)[C@@H](C)OC(=O)[C@H]1CC(=O)N(Cc2ccco2)C1. The van der Waals surface area contributed by atoms with Gasteiger partial charge in [0.15, 0.2) is 6.10 Å². The molecular weight excluding hydrogens is 384 g/mol. The number of amides is 2. The lowest BCUT2D eigenvalue weighted by atomic mass is 10.1. The lowest BCUT2D eigenvalue weighted by Crippen LogP contribution is -2.33. The van der Waals surface area contributed by atoms with Crippen molar-refractivity contribution >= 4 is 35.1 Å². The van der Waals surface area contributed by atoms with E-state index in [2.05, 4.69) is 5.32 Å². The van der Waals surface area contributed by atoms with E-state index in [9.17, 15) is 14.4 Å². The molecule has 2 aromatic rings. The van der Waals surface area contributed by atoms with Crippen molar-refractivity contribution in [2.45, 2.75) is 32.9 Å². The predicted molar refractivity (Wildman–Crippen MR) is 103 cm³/mol. The van der Waals surface area contributed by atoms with Crippen LogP contribution in [0.3, 0.4) is 0 Å². The highest BCUT2D eigenvalue weighted by Crippen LogP contribution is 2.23. The van der Waals surface area contributed by atoms with Crippen molar-refractivity contribution in [3.63, 3.8) is 0 Å². The summed E-state index contributed by atoms with van der Waals surface area (Å²) >= 11 is 5.95. The van der Waals surface area contributed by atoms with E-state index in [1.165, 1.54) is 13.2 Å². The van der Waals surface area contributed by atoms with Gasteiger partial charge in [-0.05, 0) is 43.7 Å². The molecule has 2 heterocycles. The zero-order valence-corrected chi connectivity index (χ0v) is 16.4. The zero-order chi connectivity index (χ0) is 20.3. The van der Waals surface area contributed by atoms with Crippen LogP contribution >= 0.6 is 11.6 Å². The lowest BCUT2D eigenvalue weighted by molar-refractivity contribution is -0.157. The van der Waals surface area contributed by atoms with Crippen molar-refractivity contribution < 1.29 is 23.5 Å². The lowest BCUT2D eigenvalue weighted by Gasteiger charge is -2.17. The van der Waals surface area contributed by atoms with Crippen molar-refractivity contribution in [1.82, 2.24) is 4.90 Å². The molecule has 1 aromatic heterocycles. The van der Waals surface area contributed by atoms with E-state index in [-0.39, 0.29) is 18.9 Å². The van der Waals surface area contributed by atoms with Gasteiger partial charge in [-0.1, -0.05) is 17.7 Å². The van der Waals surface area contributed by atoms with E-state index < -0.39 is 23.9 Å². The molecule has 148 valence electrons. The van der Waals surface area contributed by atoms with Crippen molar-refractivity contribution in [3.05, 3.63) is 52.9 Å². The minimum absolute atomic E-state index is 0.0568. The molecule has 2 atom stereocenters. The molecule has 1 aliphatic heterocycles. The molecule has 7 nitrogen and oxygen atoms in total. The fourth-order valence-electron chi connectivity index (χ4n) is 2.96. The first kappa shape index (κ1) is 19.9. The number of anilines is 1. The molecule has 1 aliphatic rings. The number of likely N-dealkylation sites (tertiary alicyclic amines) is 1. The normalized spacial score (nSPS) is 17.5. The number of furan rings is 1. The molecule has 1 N–H and O–H groups in total. The van der Waals surface area contributed by atoms with Gasteiger partial charge in [0.25, 0.3) is 5.91 Å². The van der Waals surface area contributed by atoms with Gasteiger partial charge in [-0.3, -0.25) is 14.4 Å². The summed E-state index contributed by atoms with van der Waals surface area (Å²) in [5, 5.41) is 3.20. The number of nitrogens with one attached hydrogen (secondary N) is 1. The number of hydrogen-bond acceptors (Lipinski definition) is 5. The highest BCUT2D eigenvalue weighted by molar-refractivity contribution is 6.31. The Hall–Kier alpha value is -2.80. The molecular formula is C20H21ClN2O5. The van der Waals surface area contributed by atoms with E-state index >= 15 is 0 Å². The number of aryl methyl sites for hydroxylation is 1. The average Bonchev–Trinajstić information content (AvgIpc) is 3.28. The summed E-state index contributed by atoms with van der Waals surface area (Å²) in [5.74, 6) is -1.14. The second-order valence-electron chi connectivity index (χ2n) is 6.78. The topological polar surface area (TPSA) is 88.8 Å². The first-order valence-corrected chi connectivity index (χ1v) is 9.29. The van der Waals surface area contributed by atoms with E-state index in [0.29, 0.717) is 23.0 Å². The van der Waals surface area contributed by atoms with E-state index in [0.717, 1.165) is 5.56 Å². The number of hydrogen-bond donors (Lipinski definition) is 1. The van der Waals surface area contributed by atoms with Gasteiger partial charge in [0.1, 0.15) is 5.76 Å². The highest BCUT2D eigenvalue weighted by atomic mass is 35.5. The van der Waals surface area contributed by atoms with Gasteiger partial charge in [-0.15, -0.1) is 0 Å². The summed E-state index contributed by atoms with van der Waals surface area (Å²) in [6, 6.07) is 8.64. The fourth-order valence-corrected chi connectivity index (χ4v) is 3.13. The summed E-state index contributed by atoms with van der Waals surface area (Å²) in [6.45, 7) is 3.87. The Labute approximate surface area is 167 Å². The molecule has 2 amide bonds. The van der Waals surface area contributed by atoms with Crippen LogP contribution in [0, 0.1) is 12.8 Å². The molecule has 3 rings (SSSR count). The number of carbonyl (C=O) groups excluding carboxylic acids is 3. The number of benzene rings is 1. The molecule has 0 spiro atoms. The maximum Gasteiger partial charge on any atom is 0.312 e. The minimum atomic E-state index is -1.000. The first-order valence-electron chi connectivity index (χ1n) is 8.91. The minimum Gasteiger partial charge on any atom is -0.467 e. The Morgan fingerprint density at radius 3 is 2.89 bits per heavy atom. The van der Waals surface area contributed by atoms with Crippen LogP contribution in [0.1, 0.15) is 24.7 Å². The van der Waals surface area contributed by atoms with Crippen molar-refractivity contribution in [3.8, 4) is 0 Å². The van der Waals surface area contributed by atoms with Gasteiger partial charge < -0.3 is 19.4 Å². The van der Waals surface area contributed by atoms with Crippen molar-refractivity contribution in [2.75, 3.05) is 11.9 Å². The van der Waals surface area contributed by atoms with Crippen LogP contribution in [-0.2, 0) is 25.7 Å². The molecule has 0 unspecified atom stereocenters. The molecule has 1 aromatic carbocycles. The number of halogens is 1. The third kappa shape index (κ3) is 4.72. The third-order valence-electron chi connectivity index (χ3n) is 4.59. The maximum atomic E-state index is 12.4. The monoisotopic (exact) mass is 404 g/mol. The van der Waals surface area contributed by atoms with Crippen LogP contribution in [0.4, 0.5) is 5.69 Å². The Bertz CT molecular complexity index is 881. The Morgan fingerprint density at radius 1 is 1.39 bits per heavy atom. The maximum absolute atomic E-state index is 12.4. The number of carbonyl (C=O) groups is 3. The number of nitrogens with zero attached hydrogens (tertiary/aromatic N) is 1. The van der Waals surface area contributed by atoms with Gasteiger partial charge in [0.2, 0.25) is 5.91 Å². The van der Waals surface area contributed by atoms with Gasteiger partial charge in [0.05, 0.1) is 18.7 Å². The van der Waals surface area contributed by atoms with E-state index in [1.807, 2.05) is 6.92 Å². The Balaban J connectivity index is 1.54. The Morgan fingerprint density at radius 2 is 2.18 bits per heavy atom. The van der Waals surface area contributed by atoms with Crippen molar-refractivity contribution in [1.29, 1.82) is 0 Å². The fraction of sp³-hybridized carbons (Fsp3) is 0.350. The first-order chi connectivity index (χ1) is 13.3. The summed E-state index contributed by atoms with van der Waals surface area (Å²) in [5.41, 5.74) is 1.40. The predicted octanol–water partition coefficient (Wildman–Crippen LogP) is 3.16. The van der Waals surface area contributed by atoms with Gasteiger partial charge in [-0.2, -0.15) is 0 Å². The van der Waals surface area contributed by atoms with Crippen LogP contribution in [0.2, 0.25) is 5.02 Å². The van der Waals surface area contributed by atoms with Crippen LogP contribution in [0.5, 0.6) is 0 Å². The summed E-state index contributed by atoms with van der Waals surface area (Å²) in [6.07, 6.45) is 0.588. The summed E-state index contributed by atoms with van der Waals surface area (Å²) < 4.78 is 10.5. The second-order valence-corrected chi connectivity index (χ2v) is 7.22. The van der Waals surface area contributed by atoms with Crippen LogP contribution in [-0.4, -0.2) is 35.3 Å². The molecule has 0 saturated carbocycles. The standard InChI is InChI=1S/C20H21ClN2O5/c1-12-5-6-15(21)9-17(12)22-19(25)13(2)28-20(26)14-8-18(24)23(10-14)11-16-4-3-7-27-16/h3-7,9,13-14H,8,10-11H2,1-2H3,(H,22,25)/t13-,14+/m1/s1. The quantitative estimate of drug-likeness (QED) is 0.747. The molecule has 0 aliphatic carbocycles. The smallest absolute Gasteiger partial charge is 0.312 e. The summed E-state index contributed by atoms with van der Waals surface area (Å²) in [4.78, 5) is 38.4. The largest absolute Gasteiger partial charge is 0.467 e. The number of esters is 1. The molecule has 28 heavy (non-hydrogen) atoms.